The Morgan fingerprint density at radius 1 is 0.969 bits per heavy atom. The number of amides is 1. The molecule has 0 radical (unpaired) electrons. The Bertz CT molecular complexity index is 1280. The number of hydrogen-bond acceptors (Lipinski definition) is 3. The van der Waals surface area contributed by atoms with Gasteiger partial charge in [0.05, 0.1) is 17.8 Å². The molecule has 1 heterocycles. The molecule has 4 aromatic rings. The zero-order valence-electron chi connectivity index (χ0n) is 18.1. The Labute approximate surface area is 188 Å². The van der Waals surface area contributed by atoms with Crippen molar-refractivity contribution in [3.05, 3.63) is 107 Å². The molecule has 1 amide bonds. The summed E-state index contributed by atoms with van der Waals surface area (Å²) in [6.45, 7) is 0.701. The molecule has 0 spiro atoms. The summed E-state index contributed by atoms with van der Waals surface area (Å²) in [5, 5.41) is 4.71. The highest BCUT2D eigenvalue weighted by molar-refractivity contribution is 5.92. The molecule has 4 nitrogen and oxygen atoms in total. The van der Waals surface area contributed by atoms with Crippen LogP contribution in [0.5, 0.6) is 0 Å². The summed E-state index contributed by atoms with van der Waals surface area (Å²) in [6, 6.07) is 26.9. The third-order valence-corrected chi connectivity index (χ3v) is 6.40. The Morgan fingerprint density at radius 2 is 1.88 bits per heavy atom. The van der Waals surface area contributed by atoms with Gasteiger partial charge < -0.3 is 11.1 Å². The smallest absolute Gasteiger partial charge is 0.248 e. The molecular formula is C28H27N3O. The van der Waals surface area contributed by atoms with Gasteiger partial charge in [0.2, 0.25) is 5.91 Å². The monoisotopic (exact) mass is 421 g/mol. The summed E-state index contributed by atoms with van der Waals surface area (Å²) < 4.78 is 0. The van der Waals surface area contributed by atoms with E-state index in [0.29, 0.717) is 18.0 Å². The molecule has 4 heteroatoms. The van der Waals surface area contributed by atoms with E-state index in [1.54, 1.807) is 6.07 Å². The number of pyridine rings is 1. The van der Waals surface area contributed by atoms with E-state index in [-0.39, 0.29) is 5.91 Å². The fourth-order valence-electron chi connectivity index (χ4n) is 4.70. The predicted molar refractivity (Wildman–Crippen MR) is 130 cm³/mol. The molecule has 0 aliphatic heterocycles. The van der Waals surface area contributed by atoms with Gasteiger partial charge >= 0.3 is 0 Å². The summed E-state index contributed by atoms with van der Waals surface area (Å²) >= 11 is 0. The van der Waals surface area contributed by atoms with Gasteiger partial charge in [-0.2, -0.15) is 0 Å². The summed E-state index contributed by atoms with van der Waals surface area (Å²) in [6.07, 6.45) is 4.29. The van der Waals surface area contributed by atoms with Gasteiger partial charge in [0.15, 0.2) is 0 Å². The van der Waals surface area contributed by atoms with Gasteiger partial charge in [0.25, 0.3) is 0 Å². The molecule has 1 aliphatic carbocycles. The SMILES string of the molecule is NC(=O)c1cccc(CC2CCc3ccc(NCc4ccc5ccccc5n4)cc3C2)c1. The lowest BCUT2D eigenvalue weighted by molar-refractivity contribution is 0.1000. The lowest BCUT2D eigenvalue weighted by atomic mass is 9.80. The molecule has 0 saturated carbocycles. The molecule has 1 atom stereocenters. The number of primary amides is 1. The highest BCUT2D eigenvalue weighted by atomic mass is 16.1. The van der Waals surface area contributed by atoms with Crippen LogP contribution in [-0.2, 0) is 25.8 Å². The van der Waals surface area contributed by atoms with Crippen LogP contribution in [0.1, 0.15) is 39.2 Å². The second kappa shape index (κ2) is 8.83. The van der Waals surface area contributed by atoms with Gasteiger partial charge in [0, 0.05) is 16.6 Å². The molecule has 1 unspecified atom stereocenters. The number of nitrogens with two attached hydrogens (primary N) is 1. The van der Waals surface area contributed by atoms with Crippen LogP contribution in [0, 0.1) is 5.92 Å². The second-order valence-electron chi connectivity index (χ2n) is 8.71. The maximum Gasteiger partial charge on any atom is 0.248 e. The van der Waals surface area contributed by atoms with E-state index in [9.17, 15) is 4.79 Å². The molecule has 1 aliphatic rings. The minimum atomic E-state index is -0.363. The van der Waals surface area contributed by atoms with Gasteiger partial charge in [-0.1, -0.05) is 42.5 Å². The van der Waals surface area contributed by atoms with Crippen LogP contribution < -0.4 is 11.1 Å². The third-order valence-electron chi connectivity index (χ3n) is 6.40. The van der Waals surface area contributed by atoms with E-state index < -0.39 is 0 Å². The number of rotatable bonds is 6. The van der Waals surface area contributed by atoms with Gasteiger partial charge in [-0.15, -0.1) is 0 Å². The van der Waals surface area contributed by atoms with Crippen molar-refractivity contribution in [2.45, 2.75) is 32.2 Å². The van der Waals surface area contributed by atoms with E-state index >= 15 is 0 Å². The van der Waals surface area contributed by atoms with E-state index in [1.165, 1.54) is 23.1 Å². The Balaban J connectivity index is 1.26. The van der Waals surface area contributed by atoms with Crippen LogP contribution in [0.4, 0.5) is 5.69 Å². The fraction of sp³-hybridized carbons (Fsp3) is 0.214. The first-order valence-electron chi connectivity index (χ1n) is 11.2. The van der Waals surface area contributed by atoms with E-state index in [4.69, 9.17) is 10.7 Å². The first-order valence-corrected chi connectivity index (χ1v) is 11.2. The first kappa shape index (κ1) is 20.3. The average Bonchev–Trinajstić information content (AvgIpc) is 2.82. The number of para-hydroxylation sites is 1. The lowest BCUT2D eigenvalue weighted by Crippen LogP contribution is -2.17. The van der Waals surface area contributed by atoms with Crippen molar-refractivity contribution in [3.8, 4) is 0 Å². The fourth-order valence-corrected chi connectivity index (χ4v) is 4.70. The highest BCUT2D eigenvalue weighted by Gasteiger charge is 2.19. The van der Waals surface area contributed by atoms with Crippen LogP contribution in [0.25, 0.3) is 10.9 Å². The summed E-state index contributed by atoms with van der Waals surface area (Å²) in [4.78, 5) is 16.2. The number of nitrogens with one attached hydrogen (secondary N) is 1. The van der Waals surface area contributed by atoms with Gasteiger partial charge in [-0.05, 0) is 84.7 Å². The van der Waals surface area contributed by atoms with E-state index in [1.807, 2.05) is 24.3 Å². The van der Waals surface area contributed by atoms with Crippen LogP contribution in [0.2, 0.25) is 0 Å². The molecule has 1 aromatic heterocycles. The van der Waals surface area contributed by atoms with E-state index in [0.717, 1.165) is 41.5 Å². The van der Waals surface area contributed by atoms with Crippen molar-refractivity contribution in [3.63, 3.8) is 0 Å². The normalized spacial score (nSPS) is 15.3. The van der Waals surface area contributed by atoms with Crippen molar-refractivity contribution in [2.75, 3.05) is 5.32 Å². The third kappa shape index (κ3) is 4.50. The van der Waals surface area contributed by atoms with Gasteiger partial charge in [-0.25, -0.2) is 0 Å². The second-order valence-corrected chi connectivity index (χ2v) is 8.71. The molecule has 0 saturated heterocycles. The van der Waals surface area contributed by atoms with Crippen molar-refractivity contribution in [1.29, 1.82) is 0 Å². The minimum absolute atomic E-state index is 0.363. The number of aryl methyl sites for hydroxylation is 1. The van der Waals surface area contributed by atoms with Crippen LogP contribution in [-0.4, -0.2) is 10.9 Å². The lowest BCUT2D eigenvalue weighted by Gasteiger charge is -2.25. The molecule has 160 valence electrons. The van der Waals surface area contributed by atoms with Crippen molar-refractivity contribution < 1.29 is 4.79 Å². The number of hydrogen-bond donors (Lipinski definition) is 2. The summed E-state index contributed by atoms with van der Waals surface area (Å²) in [5.74, 6) is 0.209. The van der Waals surface area contributed by atoms with Crippen LogP contribution in [0.3, 0.4) is 0 Å². The van der Waals surface area contributed by atoms with Crippen LogP contribution >= 0.6 is 0 Å². The maximum absolute atomic E-state index is 11.5. The largest absolute Gasteiger partial charge is 0.379 e. The topological polar surface area (TPSA) is 68.0 Å². The average molecular weight is 422 g/mol. The first-order chi connectivity index (χ1) is 15.6. The summed E-state index contributed by atoms with van der Waals surface area (Å²) in [5.41, 5.74) is 13.3. The predicted octanol–water partition coefficient (Wildman–Crippen LogP) is 5.29. The molecular weight excluding hydrogens is 394 g/mol. The molecule has 3 aromatic carbocycles. The standard InChI is InChI=1S/C28H27N3O/c29-28(32)23-6-3-4-19(15-23)14-20-8-9-21-10-12-25(17-24(21)16-20)30-18-26-13-11-22-5-1-2-7-27(22)31-26/h1-7,10-13,15,17,20,30H,8-9,14,16,18H2,(H2,29,32). The molecule has 0 bridgehead atoms. The zero-order chi connectivity index (χ0) is 21.9. The Kier molecular flexibility index (Phi) is 5.59. The maximum atomic E-state index is 11.5. The molecule has 32 heavy (non-hydrogen) atoms. The van der Waals surface area contributed by atoms with Crippen molar-refractivity contribution in [1.82, 2.24) is 4.98 Å². The number of nitrogens with zero attached hydrogens (tertiary/aromatic N) is 1. The number of fused-ring (bicyclic) bond motifs is 2. The quantitative estimate of drug-likeness (QED) is 0.444. The van der Waals surface area contributed by atoms with Crippen molar-refractivity contribution >= 4 is 22.5 Å². The van der Waals surface area contributed by atoms with Crippen molar-refractivity contribution in [2.24, 2.45) is 11.7 Å². The highest BCUT2D eigenvalue weighted by Crippen LogP contribution is 2.30. The van der Waals surface area contributed by atoms with E-state index in [2.05, 4.69) is 53.8 Å². The minimum Gasteiger partial charge on any atom is -0.379 e. The number of benzene rings is 3. The Hall–Kier alpha value is -3.66. The summed E-state index contributed by atoms with van der Waals surface area (Å²) in [7, 11) is 0. The Morgan fingerprint density at radius 3 is 2.78 bits per heavy atom. The number of carbonyl (C=O) groups is 1. The van der Waals surface area contributed by atoms with Crippen LogP contribution in [0.15, 0.2) is 78.9 Å². The van der Waals surface area contributed by atoms with Gasteiger partial charge in [0.1, 0.15) is 0 Å². The molecule has 5 rings (SSSR count). The number of anilines is 1. The number of aromatic nitrogens is 1. The molecule has 3 N–H and O–H groups in total. The molecule has 0 fully saturated rings. The zero-order valence-corrected chi connectivity index (χ0v) is 18.1. The van der Waals surface area contributed by atoms with Gasteiger partial charge in [-0.3, -0.25) is 9.78 Å². The number of carbonyl (C=O) groups excluding carboxylic acids is 1.